The smallest absolute Gasteiger partial charge is 0.226 e. The Bertz CT molecular complexity index is 477. The van der Waals surface area contributed by atoms with Crippen LogP contribution in [0.1, 0.15) is 37.7 Å². The lowest BCUT2D eigenvalue weighted by atomic mass is 9.34. The predicted molar refractivity (Wildman–Crippen MR) is 67.5 cm³/mol. The molecule has 0 aromatic carbocycles. The fraction of sp³-hybridized carbons (Fsp3) is 0.600. The van der Waals surface area contributed by atoms with E-state index in [2.05, 4.69) is 10.3 Å². The largest absolute Gasteiger partial charge is 0.351 e. The van der Waals surface area contributed by atoms with Crippen molar-refractivity contribution in [2.45, 2.75) is 38.6 Å². The normalized spacial score (nSPS) is 39.4. The fourth-order valence-corrected chi connectivity index (χ4v) is 4.80. The highest BCUT2D eigenvalue weighted by atomic mass is 16.2. The SMILES string of the molecule is O=C(NCc1cccnc1)C12CC3CC(C3)(C1)C2. The van der Waals surface area contributed by atoms with Crippen LogP contribution in [0, 0.1) is 16.7 Å². The zero-order chi connectivity index (χ0) is 12.2. The molecule has 1 aromatic rings. The van der Waals surface area contributed by atoms with Crippen molar-refractivity contribution in [3.63, 3.8) is 0 Å². The van der Waals surface area contributed by atoms with Crippen molar-refractivity contribution in [1.82, 2.24) is 10.3 Å². The fourth-order valence-electron chi connectivity index (χ4n) is 4.80. The number of hydrogen-bond donors (Lipinski definition) is 1. The second-order valence-corrected chi connectivity index (χ2v) is 6.66. The van der Waals surface area contributed by atoms with E-state index in [0.29, 0.717) is 12.0 Å². The number of pyridine rings is 1. The summed E-state index contributed by atoms with van der Waals surface area (Å²) in [7, 11) is 0. The lowest BCUT2D eigenvalue weighted by Gasteiger charge is -2.70. The van der Waals surface area contributed by atoms with Crippen LogP contribution in [-0.2, 0) is 11.3 Å². The second-order valence-electron chi connectivity index (χ2n) is 6.66. The molecular weight excluding hydrogens is 224 g/mol. The van der Waals surface area contributed by atoms with Crippen molar-refractivity contribution in [3.8, 4) is 0 Å². The van der Waals surface area contributed by atoms with Gasteiger partial charge in [-0.3, -0.25) is 9.78 Å². The van der Waals surface area contributed by atoms with Crippen LogP contribution in [0.5, 0.6) is 0 Å². The van der Waals surface area contributed by atoms with Gasteiger partial charge in [0.15, 0.2) is 0 Å². The number of amides is 1. The Morgan fingerprint density at radius 2 is 2.22 bits per heavy atom. The maximum absolute atomic E-state index is 12.4. The lowest BCUT2D eigenvalue weighted by Crippen LogP contribution is -2.66. The molecule has 5 fully saturated rings. The van der Waals surface area contributed by atoms with Crippen LogP contribution >= 0.6 is 0 Å². The van der Waals surface area contributed by atoms with E-state index in [1.165, 1.54) is 12.8 Å². The van der Waals surface area contributed by atoms with Crippen LogP contribution in [0.25, 0.3) is 0 Å². The van der Waals surface area contributed by atoms with Gasteiger partial charge >= 0.3 is 0 Å². The average Bonchev–Trinajstić information content (AvgIpc) is 2.35. The van der Waals surface area contributed by atoms with Gasteiger partial charge in [-0.1, -0.05) is 6.07 Å². The molecule has 1 heterocycles. The second kappa shape index (κ2) is 3.34. The summed E-state index contributed by atoms with van der Waals surface area (Å²) in [4.78, 5) is 16.4. The highest BCUT2D eigenvalue weighted by molar-refractivity contribution is 5.84. The van der Waals surface area contributed by atoms with Crippen molar-refractivity contribution in [2.75, 3.05) is 0 Å². The first-order valence-corrected chi connectivity index (χ1v) is 6.87. The summed E-state index contributed by atoms with van der Waals surface area (Å²) in [6.07, 6.45) is 9.79. The maximum atomic E-state index is 12.4. The van der Waals surface area contributed by atoms with E-state index in [-0.39, 0.29) is 11.3 Å². The quantitative estimate of drug-likeness (QED) is 0.883. The number of hydrogen-bond acceptors (Lipinski definition) is 2. The van der Waals surface area contributed by atoms with E-state index in [9.17, 15) is 4.79 Å². The van der Waals surface area contributed by atoms with Gasteiger partial charge in [-0.2, -0.15) is 0 Å². The minimum absolute atomic E-state index is 0.00335. The standard InChI is InChI=1S/C15H18N2O/c18-13(17-8-11-2-1-3-16-7-11)15-6-12-4-14(5-12,9-15)10-15/h1-3,7,12H,4-6,8-10H2,(H,17,18). The molecule has 0 radical (unpaired) electrons. The molecule has 0 unspecified atom stereocenters. The molecular formula is C15H18N2O. The minimum atomic E-state index is 0.00335. The number of rotatable bonds is 3. The summed E-state index contributed by atoms with van der Waals surface area (Å²) >= 11 is 0. The Balaban J connectivity index is 1.40. The number of aromatic nitrogens is 1. The zero-order valence-corrected chi connectivity index (χ0v) is 10.5. The van der Waals surface area contributed by atoms with Gasteiger partial charge in [0.25, 0.3) is 0 Å². The third-order valence-electron chi connectivity index (χ3n) is 5.21. The van der Waals surface area contributed by atoms with E-state index in [4.69, 9.17) is 0 Å². The van der Waals surface area contributed by atoms with Gasteiger partial charge < -0.3 is 5.32 Å². The van der Waals surface area contributed by atoms with E-state index in [0.717, 1.165) is 30.7 Å². The molecule has 18 heavy (non-hydrogen) atoms. The lowest BCUT2D eigenvalue weighted by molar-refractivity contribution is -0.210. The van der Waals surface area contributed by atoms with E-state index in [1.807, 2.05) is 18.3 Å². The van der Waals surface area contributed by atoms with Crippen molar-refractivity contribution in [1.29, 1.82) is 0 Å². The first-order chi connectivity index (χ1) is 8.70. The first-order valence-electron chi connectivity index (χ1n) is 6.87. The van der Waals surface area contributed by atoms with Crippen molar-refractivity contribution >= 4 is 5.91 Å². The van der Waals surface area contributed by atoms with Gasteiger partial charge in [0, 0.05) is 18.9 Å². The van der Waals surface area contributed by atoms with Crippen molar-refractivity contribution in [2.24, 2.45) is 16.7 Å². The van der Waals surface area contributed by atoms with Crippen LogP contribution in [-0.4, -0.2) is 10.9 Å². The summed E-state index contributed by atoms with van der Waals surface area (Å²) in [5, 5.41) is 3.11. The summed E-state index contributed by atoms with van der Waals surface area (Å²) in [6.45, 7) is 0.617. The van der Waals surface area contributed by atoms with Crippen LogP contribution in [0.3, 0.4) is 0 Å². The number of carbonyl (C=O) groups excluding carboxylic acids is 1. The summed E-state index contributed by atoms with van der Waals surface area (Å²) < 4.78 is 0. The summed E-state index contributed by atoms with van der Waals surface area (Å²) in [5.74, 6) is 1.13. The molecule has 5 aliphatic carbocycles. The molecule has 6 rings (SSSR count). The molecule has 0 aliphatic heterocycles. The molecule has 1 amide bonds. The average molecular weight is 242 g/mol. The summed E-state index contributed by atoms with van der Waals surface area (Å²) in [5.41, 5.74) is 1.68. The van der Waals surface area contributed by atoms with Crippen LogP contribution in [0.15, 0.2) is 24.5 Å². The Labute approximate surface area is 107 Å². The Morgan fingerprint density at radius 3 is 2.83 bits per heavy atom. The molecule has 3 bridgehead atoms. The van der Waals surface area contributed by atoms with Gasteiger partial charge in [0.1, 0.15) is 0 Å². The first kappa shape index (κ1) is 10.5. The highest BCUT2D eigenvalue weighted by Crippen LogP contribution is 2.75. The molecule has 1 N–H and O–H groups in total. The van der Waals surface area contributed by atoms with Gasteiger partial charge in [-0.15, -0.1) is 0 Å². The van der Waals surface area contributed by atoms with E-state index in [1.54, 1.807) is 6.20 Å². The number of carbonyl (C=O) groups is 1. The van der Waals surface area contributed by atoms with E-state index < -0.39 is 0 Å². The van der Waals surface area contributed by atoms with Crippen LogP contribution < -0.4 is 5.32 Å². The van der Waals surface area contributed by atoms with Crippen molar-refractivity contribution < 1.29 is 4.79 Å². The number of nitrogens with one attached hydrogen (secondary N) is 1. The molecule has 0 atom stereocenters. The van der Waals surface area contributed by atoms with Gasteiger partial charge in [0.05, 0.1) is 5.41 Å². The topological polar surface area (TPSA) is 42.0 Å². The Kier molecular flexibility index (Phi) is 1.95. The van der Waals surface area contributed by atoms with Crippen LogP contribution in [0.4, 0.5) is 0 Å². The minimum Gasteiger partial charge on any atom is -0.351 e. The molecule has 0 saturated heterocycles. The zero-order valence-electron chi connectivity index (χ0n) is 10.5. The van der Waals surface area contributed by atoms with Crippen molar-refractivity contribution in [3.05, 3.63) is 30.1 Å². The molecule has 5 aliphatic rings. The summed E-state index contributed by atoms with van der Waals surface area (Å²) in [6, 6.07) is 3.92. The van der Waals surface area contributed by atoms with Gasteiger partial charge in [0.2, 0.25) is 5.91 Å². The van der Waals surface area contributed by atoms with Gasteiger partial charge in [-0.25, -0.2) is 0 Å². The third kappa shape index (κ3) is 1.36. The molecule has 1 spiro atoms. The molecule has 3 heteroatoms. The monoisotopic (exact) mass is 242 g/mol. The maximum Gasteiger partial charge on any atom is 0.226 e. The number of nitrogens with zero attached hydrogens (tertiary/aromatic N) is 1. The predicted octanol–water partition coefficient (Wildman–Crippen LogP) is 2.28. The highest BCUT2D eigenvalue weighted by Gasteiger charge is 2.68. The Hall–Kier alpha value is -1.38. The third-order valence-corrected chi connectivity index (χ3v) is 5.21. The molecule has 5 saturated carbocycles. The van der Waals surface area contributed by atoms with Gasteiger partial charge in [-0.05, 0) is 55.1 Å². The van der Waals surface area contributed by atoms with E-state index >= 15 is 0 Å². The molecule has 1 aromatic heterocycles. The molecule has 94 valence electrons. The van der Waals surface area contributed by atoms with Crippen LogP contribution in [0.2, 0.25) is 0 Å². The molecule has 3 nitrogen and oxygen atoms in total. The Morgan fingerprint density at radius 1 is 1.39 bits per heavy atom.